The number of aromatic amines is 1. The molecule has 5 nitrogen and oxygen atoms in total. The summed E-state index contributed by atoms with van der Waals surface area (Å²) < 4.78 is 0. The molecule has 140 valence electrons. The van der Waals surface area contributed by atoms with Crippen LogP contribution in [0.25, 0.3) is 0 Å². The van der Waals surface area contributed by atoms with Gasteiger partial charge in [-0.05, 0) is 48.6 Å². The second kappa shape index (κ2) is 8.30. The standard InChI is InChI=1S/C21H31N5/c1-3-9-18(10-4-1)21(11-5-2-6-12-21)15-23-19(20-24-16-25-26-20)17-8-7-13-22-14-17/h7-8,13-14,16,18-19,23H,1-6,9-12,15H2,(H,24,25,26). The van der Waals surface area contributed by atoms with Gasteiger partial charge in [-0.3, -0.25) is 10.1 Å². The van der Waals surface area contributed by atoms with Gasteiger partial charge in [0, 0.05) is 18.9 Å². The highest BCUT2D eigenvalue weighted by Crippen LogP contribution is 2.48. The van der Waals surface area contributed by atoms with Gasteiger partial charge in [-0.1, -0.05) is 44.6 Å². The van der Waals surface area contributed by atoms with Crippen LogP contribution in [0.2, 0.25) is 0 Å². The maximum absolute atomic E-state index is 4.43. The van der Waals surface area contributed by atoms with Crippen LogP contribution in [0.5, 0.6) is 0 Å². The Balaban J connectivity index is 1.54. The average Bonchev–Trinajstić information content (AvgIpc) is 3.25. The first-order valence-electron chi connectivity index (χ1n) is 10.4. The lowest BCUT2D eigenvalue weighted by atomic mass is 9.61. The van der Waals surface area contributed by atoms with E-state index in [1.54, 1.807) is 6.33 Å². The van der Waals surface area contributed by atoms with Gasteiger partial charge in [-0.15, -0.1) is 0 Å². The van der Waals surface area contributed by atoms with Crippen molar-refractivity contribution < 1.29 is 0 Å². The third-order valence-corrected chi connectivity index (χ3v) is 6.70. The topological polar surface area (TPSA) is 66.5 Å². The third kappa shape index (κ3) is 3.83. The fourth-order valence-electron chi connectivity index (χ4n) is 5.28. The van der Waals surface area contributed by atoms with Crippen LogP contribution in [0, 0.1) is 11.3 Å². The molecule has 0 aromatic carbocycles. The molecule has 2 fully saturated rings. The minimum Gasteiger partial charge on any atom is -0.303 e. The van der Waals surface area contributed by atoms with Crippen molar-refractivity contribution in [1.29, 1.82) is 0 Å². The molecule has 2 saturated carbocycles. The van der Waals surface area contributed by atoms with E-state index in [0.29, 0.717) is 5.41 Å². The van der Waals surface area contributed by atoms with E-state index in [1.807, 2.05) is 18.5 Å². The SMILES string of the molecule is c1cncc(C(NCC2(C3CCCCC3)CCCCC2)c2ncn[nH]2)c1. The lowest BCUT2D eigenvalue weighted by Gasteiger charge is -2.46. The highest BCUT2D eigenvalue weighted by atomic mass is 15.2. The molecule has 2 aromatic rings. The predicted octanol–water partition coefficient (Wildman–Crippen LogP) is 4.41. The van der Waals surface area contributed by atoms with Crippen LogP contribution in [-0.2, 0) is 0 Å². The average molecular weight is 354 g/mol. The Morgan fingerprint density at radius 1 is 1.12 bits per heavy atom. The highest BCUT2D eigenvalue weighted by Gasteiger charge is 2.40. The minimum atomic E-state index is 0.0357. The quantitative estimate of drug-likeness (QED) is 0.807. The second-order valence-electron chi connectivity index (χ2n) is 8.23. The summed E-state index contributed by atoms with van der Waals surface area (Å²) in [7, 11) is 0. The van der Waals surface area contributed by atoms with Crippen molar-refractivity contribution in [3.63, 3.8) is 0 Å². The van der Waals surface area contributed by atoms with Crippen LogP contribution in [-0.4, -0.2) is 26.7 Å². The number of H-pyrrole nitrogens is 1. The minimum absolute atomic E-state index is 0.0357. The van der Waals surface area contributed by atoms with Gasteiger partial charge in [0.05, 0.1) is 6.04 Å². The summed E-state index contributed by atoms with van der Waals surface area (Å²) >= 11 is 0. The lowest BCUT2D eigenvalue weighted by molar-refractivity contribution is 0.0642. The summed E-state index contributed by atoms with van der Waals surface area (Å²) in [6.45, 7) is 1.07. The Hall–Kier alpha value is -1.75. The van der Waals surface area contributed by atoms with E-state index in [1.165, 1.54) is 64.2 Å². The number of rotatable bonds is 6. The van der Waals surface area contributed by atoms with Gasteiger partial charge in [-0.2, -0.15) is 5.10 Å². The largest absolute Gasteiger partial charge is 0.303 e. The van der Waals surface area contributed by atoms with E-state index in [4.69, 9.17) is 0 Å². The van der Waals surface area contributed by atoms with Gasteiger partial charge in [0.1, 0.15) is 12.2 Å². The van der Waals surface area contributed by atoms with Crippen LogP contribution >= 0.6 is 0 Å². The molecule has 2 aromatic heterocycles. The molecule has 0 spiro atoms. The summed E-state index contributed by atoms with van der Waals surface area (Å²) in [6, 6.07) is 4.16. The summed E-state index contributed by atoms with van der Waals surface area (Å²) in [5, 5.41) is 11.0. The van der Waals surface area contributed by atoms with E-state index in [0.717, 1.165) is 23.9 Å². The van der Waals surface area contributed by atoms with Crippen LogP contribution in [0.1, 0.15) is 81.6 Å². The van der Waals surface area contributed by atoms with Crippen molar-refractivity contribution in [3.05, 3.63) is 42.2 Å². The monoisotopic (exact) mass is 353 g/mol. The van der Waals surface area contributed by atoms with Crippen molar-refractivity contribution in [3.8, 4) is 0 Å². The van der Waals surface area contributed by atoms with E-state index < -0.39 is 0 Å². The van der Waals surface area contributed by atoms with E-state index in [2.05, 4.69) is 31.5 Å². The van der Waals surface area contributed by atoms with E-state index >= 15 is 0 Å². The molecule has 1 unspecified atom stereocenters. The molecule has 2 aliphatic rings. The molecule has 0 bridgehead atoms. The van der Waals surface area contributed by atoms with Crippen molar-refractivity contribution >= 4 is 0 Å². The van der Waals surface area contributed by atoms with Gasteiger partial charge >= 0.3 is 0 Å². The molecular formula is C21H31N5. The molecule has 0 radical (unpaired) electrons. The molecule has 5 heteroatoms. The van der Waals surface area contributed by atoms with Crippen LogP contribution < -0.4 is 5.32 Å². The Bertz CT molecular complexity index is 642. The zero-order chi connectivity index (χ0) is 17.7. The van der Waals surface area contributed by atoms with Crippen molar-refractivity contribution in [2.24, 2.45) is 11.3 Å². The van der Waals surface area contributed by atoms with Gasteiger partial charge in [0.2, 0.25) is 0 Å². The Kier molecular flexibility index (Phi) is 5.63. The number of aromatic nitrogens is 4. The zero-order valence-corrected chi connectivity index (χ0v) is 15.7. The first-order chi connectivity index (χ1) is 12.9. The summed E-state index contributed by atoms with van der Waals surface area (Å²) in [4.78, 5) is 8.75. The first kappa shape index (κ1) is 17.7. The molecule has 2 aliphatic carbocycles. The third-order valence-electron chi connectivity index (χ3n) is 6.70. The van der Waals surface area contributed by atoms with E-state index in [9.17, 15) is 0 Å². The van der Waals surface area contributed by atoms with Crippen molar-refractivity contribution in [2.45, 2.75) is 70.3 Å². The number of hydrogen-bond donors (Lipinski definition) is 2. The fourth-order valence-corrected chi connectivity index (χ4v) is 5.28. The highest BCUT2D eigenvalue weighted by molar-refractivity contribution is 5.21. The van der Waals surface area contributed by atoms with E-state index in [-0.39, 0.29) is 6.04 Å². The number of nitrogens with zero attached hydrogens (tertiary/aromatic N) is 3. The smallest absolute Gasteiger partial charge is 0.146 e. The van der Waals surface area contributed by atoms with Crippen LogP contribution in [0.3, 0.4) is 0 Å². The molecular weight excluding hydrogens is 322 g/mol. The van der Waals surface area contributed by atoms with Gasteiger partial charge in [0.25, 0.3) is 0 Å². The Labute approximate surface area is 156 Å². The number of pyridine rings is 1. The maximum Gasteiger partial charge on any atom is 0.146 e. The zero-order valence-electron chi connectivity index (χ0n) is 15.7. The van der Waals surface area contributed by atoms with Gasteiger partial charge < -0.3 is 5.32 Å². The summed E-state index contributed by atoms with van der Waals surface area (Å²) in [5.41, 5.74) is 1.61. The normalized spacial score (nSPS) is 22.2. The van der Waals surface area contributed by atoms with Crippen molar-refractivity contribution in [1.82, 2.24) is 25.5 Å². The molecule has 1 atom stereocenters. The number of hydrogen-bond acceptors (Lipinski definition) is 4. The predicted molar refractivity (Wildman–Crippen MR) is 103 cm³/mol. The molecule has 26 heavy (non-hydrogen) atoms. The molecule has 0 saturated heterocycles. The Morgan fingerprint density at radius 2 is 1.92 bits per heavy atom. The molecule has 0 amide bonds. The van der Waals surface area contributed by atoms with Crippen LogP contribution in [0.15, 0.2) is 30.9 Å². The molecule has 2 N–H and O–H groups in total. The summed E-state index contributed by atoms with van der Waals surface area (Å²) in [5.74, 6) is 1.76. The molecule has 2 heterocycles. The van der Waals surface area contributed by atoms with Crippen molar-refractivity contribution in [2.75, 3.05) is 6.54 Å². The lowest BCUT2D eigenvalue weighted by Crippen LogP contribution is -2.44. The van der Waals surface area contributed by atoms with Crippen LogP contribution in [0.4, 0.5) is 0 Å². The van der Waals surface area contributed by atoms with Gasteiger partial charge in [-0.25, -0.2) is 4.98 Å². The van der Waals surface area contributed by atoms with Gasteiger partial charge in [0.15, 0.2) is 0 Å². The first-order valence-corrected chi connectivity index (χ1v) is 10.4. The fraction of sp³-hybridized carbons (Fsp3) is 0.667. The second-order valence-corrected chi connectivity index (χ2v) is 8.23. The number of nitrogens with one attached hydrogen (secondary N) is 2. The summed E-state index contributed by atoms with van der Waals surface area (Å²) in [6.07, 6.45) is 19.4. The molecule has 4 rings (SSSR count). The Morgan fingerprint density at radius 3 is 2.62 bits per heavy atom. The maximum atomic E-state index is 4.43. The molecule has 0 aliphatic heterocycles.